The van der Waals surface area contributed by atoms with Gasteiger partial charge in [0.25, 0.3) is 6.47 Å². The Morgan fingerprint density at radius 3 is 2.59 bits per heavy atom. The number of halogens is 1. The average molecular weight is 374 g/mol. The second-order valence-corrected chi connectivity index (χ2v) is 6.42. The molecule has 1 aliphatic heterocycles. The van der Waals surface area contributed by atoms with Gasteiger partial charge in [-0.15, -0.1) is 0 Å². The topological polar surface area (TPSA) is 90.7 Å². The number of hydrogen-bond acceptors (Lipinski definition) is 4. The van der Waals surface area contributed by atoms with E-state index in [9.17, 15) is 14.3 Å². The van der Waals surface area contributed by atoms with Crippen LogP contribution in [0.2, 0.25) is 0 Å². The first kappa shape index (κ1) is 20.5. The maximum Gasteiger partial charge on any atom is 0.290 e. The van der Waals surface area contributed by atoms with Crippen LogP contribution in [-0.2, 0) is 22.4 Å². The molecule has 144 valence electrons. The third-order valence-electron chi connectivity index (χ3n) is 4.52. The van der Waals surface area contributed by atoms with Gasteiger partial charge in [0, 0.05) is 37.8 Å². The maximum absolute atomic E-state index is 13.2. The third-order valence-corrected chi connectivity index (χ3v) is 4.52. The number of carbonyl (C=O) groups excluding carboxylic acids is 1. The molecule has 1 aliphatic rings. The minimum Gasteiger partial charge on any atom is -0.483 e. The van der Waals surface area contributed by atoms with E-state index in [-0.39, 0.29) is 24.1 Å². The molecule has 2 aromatic rings. The standard InChI is InChI=1S/C19H21FN2O2.CH2O2/c20-17-3-1-2-14(11-17)4-5-19(24)22-12-16(18(23)13-22)10-15-6-8-21-9-7-15;2-1-3/h1-3,6-9,11,16,18,23H,4-5,10,12-13H2;1H,(H,2,3)/t16-,18-;/m1./s1. The number of aryl methyl sites for hydroxylation is 1. The number of nitrogens with zero attached hydrogens (tertiary/aromatic N) is 2. The van der Waals surface area contributed by atoms with Crippen LogP contribution in [0, 0.1) is 11.7 Å². The number of carbonyl (C=O) groups is 2. The molecular formula is C20H23FN2O4. The van der Waals surface area contributed by atoms with Crippen molar-refractivity contribution in [3.8, 4) is 0 Å². The lowest BCUT2D eigenvalue weighted by Gasteiger charge is -2.16. The molecule has 0 radical (unpaired) electrons. The summed E-state index contributed by atoms with van der Waals surface area (Å²) in [6.07, 6.45) is 4.54. The lowest BCUT2D eigenvalue weighted by Crippen LogP contribution is -2.29. The van der Waals surface area contributed by atoms with Gasteiger partial charge in [0.2, 0.25) is 5.91 Å². The second-order valence-electron chi connectivity index (χ2n) is 6.42. The quantitative estimate of drug-likeness (QED) is 0.781. The van der Waals surface area contributed by atoms with Crippen molar-refractivity contribution in [3.63, 3.8) is 0 Å². The number of amides is 1. The summed E-state index contributed by atoms with van der Waals surface area (Å²) in [5.74, 6) is -0.227. The third kappa shape index (κ3) is 6.45. The Bertz CT molecular complexity index is 742. The van der Waals surface area contributed by atoms with Gasteiger partial charge in [0.15, 0.2) is 0 Å². The molecule has 0 saturated carbocycles. The van der Waals surface area contributed by atoms with Crippen LogP contribution in [0.5, 0.6) is 0 Å². The van der Waals surface area contributed by atoms with Crippen LogP contribution in [0.4, 0.5) is 4.39 Å². The minimum absolute atomic E-state index is 0.00976. The fourth-order valence-corrected chi connectivity index (χ4v) is 3.18. The number of pyridine rings is 1. The molecule has 27 heavy (non-hydrogen) atoms. The van der Waals surface area contributed by atoms with E-state index in [1.54, 1.807) is 23.4 Å². The number of carboxylic acid groups (broad SMARTS) is 1. The van der Waals surface area contributed by atoms with E-state index in [1.165, 1.54) is 12.1 Å². The first-order valence-corrected chi connectivity index (χ1v) is 8.70. The molecule has 1 amide bonds. The van der Waals surface area contributed by atoms with Crippen LogP contribution in [0.15, 0.2) is 48.8 Å². The summed E-state index contributed by atoms with van der Waals surface area (Å²) < 4.78 is 13.2. The number of aromatic nitrogens is 1. The minimum atomic E-state index is -0.503. The highest BCUT2D eigenvalue weighted by Gasteiger charge is 2.33. The van der Waals surface area contributed by atoms with Gasteiger partial charge in [0.05, 0.1) is 6.10 Å². The Kier molecular flexibility index (Phi) is 7.88. The molecule has 1 fully saturated rings. The van der Waals surface area contributed by atoms with Gasteiger partial charge in [0.1, 0.15) is 5.82 Å². The maximum atomic E-state index is 13.2. The molecule has 7 heteroatoms. The molecule has 1 aromatic carbocycles. The van der Waals surface area contributed by atoms with Crippen molar-refractivity contribution in [2.24, 2.45) is 5.92 Å². The van der Waals surface area contributed by atoms with E-state index >= 15 is 0 Å². The molecule has 0 spiro atoms. The molecule has 0 bridgehead atoms. The molecule has 2 atom stereocenters. The number of benzene rings is 1. The first-order valence-electron chi connectivity index (χ1n) is 8.70. The number of β-amino-alcohol motifs (C(OH)–C–C–N with tert-alkyl or cyclic N) is 1. The highest BCUT2D eigenvalue weighted by atomic mass is 19.1. The van der Waals surface area contributed by atoms with Gasteiger partial charge in [-0.25, -0.2) is 4.39 Å². The van der Waals surface area contributed by atoms with E-state index < -0.39 is 6.10 Å². The summed E-state index contributed by atoms with van der Waals surface area (Å²) in [5.41, 5.74) is 1.93. The second kappa shape index (κ2) is 10.4. The molecule has 2 heterocycles. The fraction of sp³-hybridized carbons (Fsp3) is 0.350. The Morgan fingerprint density at radius 2 is 1.93 bits per heavy atom. The molecule has 3 rings (SSSR count). The van der Waals surface area contributed by atoms with Crippen molar-refractivity contribution in [2.45, 2.75) is 25.4 Å². The van der Waals surface area contributed by atoms with E-state index in [4.69, 9.17) is 9.90 Å². The van der Waals surface area contributed by atoms with Gasteiger partial charge in [-0.3, -0.25) is 14.6 Å². The number of likely N-dealkylation sites (tertiary alicyclic amines) is 1. The van der Waals surface area contributed by atoms with E-state index in [2.05, 4.69) is 4.98 Å². The van der Waals surface area contributed by atoms with Crippen molar-refractivity contribution in [3.05, 3.63) is 65.7 Å². The van der Waals surface area contributed by atoms with Crippen LogP contribution in [-0.4, -0.2) is 51.7 Å². The smallest absolute Gasteiger partial charge is 0.290 e. The molecule has 0 aliphatic carbocycles. The number of rotatable bonds is 5. The first-order chi connectivity index (χ1) is 13.0. The predicted octanol–water partition coefficient (Wildman–Crippen LogP) is 1.92. The zero-order chi connectivity index (χ0) is 19.6. The van der Waals surface area contributed by atoms with Crippen molar-refractivity contribution in [1.82, 2.24) is 9.88 Å². The van der Waals surface area contributed by atoms with Gasteiger partial charge >= 0.3 is 0 Å². The molecule has 1 saturated heterocycles. The molecular weight excluding hydrogens is 351 g/mol. The van der Waals surface area contributed by atoms with Crippen LogP contribution < -0.4 is 0 Å². The number of aliphatic hydroxyl groups is 1. The fourth-order valence-electron chi connectivity index (χ4n) is 3.18. The molecule has 6 nitrogen and oxygen atoms in total. The zero-order valence-electron chi connectivity index (χ0n) is 14.9. The van der Waals surface area contributed by atoms with E-state index in [1.807, 2.05) is 18.2 Å². The number of aliphatic hydroxyl groups excluding tert-OH is 1. The molecule has 0 unspecified atom stereocenters. The van der Waals surface area contributed by atoms with Gasteiger partial charge in [-0.2, -0.15) is 0 Å². The molecule has 1 aromatic heterocycles. The van der Waals surface area contributed by atoms with Crippen molar-refractivity contribution in [1.29, 1.82) is 0 Å². The Morgan fingerprint density at radius 1 is 1.22 bits per heavy atom. The predicted molar refractivity (Wildman–Crippen MR) is 97.4 cm³/mol. The summed E-state index contributed by atoms with van der Waals surface area (Å²) >= 11 is 0. The van der Waals surface area contributed by atoms with E-state index in [0.717, 1.165) is 17.5 Å². The van der Waals surface area contributed by atoms with Gasteiger partial charge in [-0.05, 0) is 48.2 Å². The van der Waals surface area contributed by atoms with Crippen LogP contribution in [0.25, 0.3) is 0 Å². The van der Waals surface area contributed by atoms with Crippen LogP contribution in [0.3, 0.4) is 0 Å². The van der Waals surface area contributed by atoms with Crippen LogP contribution in [0.1, 0.15) is 17.5 Å². The monoisotopic (exact) mass is 374 g/mol. The highest BCUT2D eigenvalue weighted by Crippen LogP contribution is 2.22. The van der Waals surface area contributed by atoms with E-state index in [0.29, 0.717) is 25.9 Å². The van der Waals surface area contributed by atoms with Crippen molar-refractivity contribution in [2.75, 3.05) is 13.1 Å². The lowest BCUT2D eigenvalue weighted by molar-refractivity contribution is -0.130. The van der Waals surface area contributed by atoms with Crippen LogP contribution >= 0.6 is 0 Å². The van der Waals surface area contributed by atoms with Crippen molar-refractivity contribution >= 4 is 12.4 Å². The summed E-state index contributed by atoms with van der Waals surface area (Å²) in [4.78, 5) is 26.4. The average Bonchev–Trinajstić information content (AvgIpc) is 3.02. The van der Waals surface area contributed by atoms with Gasteiger partial charge < -0.3 is 15.1 Å². The highest BCUT2D eigenvalue weighted by molar-refractivity contribution is 5.76. The Balaban J connectivity index is 0.000000817. The Labute approximate surface area is 157 Å². The summed E-state index contributed by atoms with van der Waals surface area (Å²) in [6.45, 7) is 0.684. The summed E-state index contributed by atoms with van der Waals surface area (Å²) in [7, 11) is 0. The lowest BCUT2D eigenvalue weighted by atomic mass is 9.97. The normalized spacial score (nSPS) is 18.5. The Hall–Kier alpha value is -2.80. The summed E-state index contributed by atoms with van der Waals surface area (Å²) in [5, 5.41) is 17.1. The van der Waals surface area contributed by atoms with Gasteiger partial charge in [-0.1, -0.05) is 12.1 Å². The molecule has 2 N–H and O–H groups in total. The summed E-state index contributed by atoms with van der Waals surface area (Å²) in [6, 6.07) is 10.2. The largest absolute Gasteiger partial charge is 0.483 e. The zero-order valence-corrected chi connectivity index (χ0v) is 14.9. The number of hydrogen-bond donors (Lipinski definition) is 2. The SMILES string of the molecule is O=C(CCc1cccc(F)c1)N1C[C@@H](Cc2ccncc2)[C@H](O)C1.O=CO. The van der Waals surface area contributed by atoms with Crippen molar-refractivity contribution < 1.29 is 24.2 Å².